The van der Waals surface area contributed by atoms with Crippen molar-refractivity contribution in [2.45, 2.75) is 32.3 Å². The lowest BCUT2D eigenvalue weighted by molar-refractivity contribution is 0.0773. The predicted octanol–water partition coefficient (Wildman–Crippen LogP) is 3.35. The minimum atomic E-state index is -0.436. The number of likely N-dealkylation sites (tertiary alicyclic amines) is 1. The van der Waals surface area contributed by atoms with Crippen LogP contribution in [0.5, 0.6) is 5.75 Å². The molecule has 3 heterocycles. The highest BCUT2D eigenvalue weighted by Crippen LogP contribution is 2.29. The number of ether oxygens (including phenoxy) is 1. The zero-order chi connectivity index (χ0) is 22.7. The van der Waals surface area contributed by atoms with E-state index in [2.05, 4.69) is 21.8 Å². The zero-order valence-electron chi connectivity index (χ0n) is 18.1. The molecule has 0 saturated carbocycles. The normalized spacial score (nSPS) is 17.8. The molecule has 0 aliphatic carbocycles. The first kappa shape index (κ1) is 22.5. The van der Waals surface area contributed by atoms with Crippen molar-refractivity contribution in [1.29, 1.82) is 0 Å². The van der Waals surface area contributed by atoms with Gasteiger partial charge in [-0.15, -0.1) is 0 Å². The van der Waals surface area contributed by atoms with Gasteiger partial charge in [0.1, 0.15) is 17.7 Å². The van der Waals surface area contributed by atoms with E-state index < -0.39 is 5.82 Å². The van der Waals surface area contributed by atoms with Gasteiger partial charge in [0.2, 0.25) is 0 Å². The van der Waals surface area contributed by atoms with Crippen LogP contribution in [0.25, 0.3) is 5.57 Å². The fourth-order valence-corrected chi connectivity index (χ4v) is 4.26. The molecule has 7 nitrogen and oxygen atoms in total. The van der Waals surface area contributed by atoms with Gasteiger partial charge in [-0.05, 0) is 37.9 Å². The fourth-order valence-electron chi connectivity index (χ4n) is 4.16. The van der Waals surface area contributed by atoms with E-state index in [9.17, 15) is 9.18 Å². The van der Waals surface area contributed by atoms with Crippen molar-refractivity contribution >= 4 is 23.1 Å². The molecular formula is C23H27ClFN5O2. The summed E-state index contributed by atoms with van der Waals surface area (Å²) >= 11 is 5.86. The van der Waals surface area contributed by atoms with Crippen molar-refractivity contribution in [3.8, 4) is 5.75 Å². The Balaban J connectivity index is 1.47. The highest BCUT2D eigenvalue weighted by Gasteiger charge is 2.30. The highest BCUT2D eigenvalue weighted by atomic mass is 35.5. The topological polar surface area (TPSA) is 84.6 Å². The largest absolute Gasteiger partial charge is 0.489 e. The van der Waals surface area contributed by atoms with Crippen molar-refractivity contribution in [3.05, 3.63) is 58.5 Å². The van der Waals surface area contributed by atoms with Gasteiger partial charge in [0.05, 0.1) is 23.7 Å². The van der Waals surface area contributed by atoms with E-state index in [1.807, 2.05) is 0 Å². The number of nitrogens with two attached hydrogens (primary N) is 1. The SMILES string of the molecule is CCCN1CCC(Oc2cc(F)ccc2C(=O)N2CC(N)=C(c3ncc(Cl)cn3)C2)CC1. The summed E-state index contributed by atoms with van der Waals surface area (Å²) in [4.78, 5) is 25.7. The number of carbonyl (C=O) groups is 1. The Bertz CT molecular complexity index is 1010. The van der Waals surface area contributed by atoms with E-state index in [0.717, 1.165) is 38.9 Å². The Kier molecular flexibility index (Phi) is 6.91. The number of hydrogen-bond acceptors (Lipinski definition) is 6. The van der Waals surface area contributed by atoms with Crippen LogP contribution in [-0.2, 0) is 0 Å². The quantitative estimate of drug-likeness (QED) is 0.713. The van der Waals surface area contributed by atoms with Crippen molar-refractivity contribution < 1.29 is 13.9 Å². The maximum absolute atomic E-state index is 14.0. The number of rotatable bonds is 6. The van der Waals surface area contributed by atoms with E-state index in [1.165, 1.54) is 30.6 Å². The summed E-state index contributed by atoms with van der Waals surface area (Å²) in [6.07, 6.45) is 5.75. The molecule has 1 amide bonds. The molecular weight excluding hydrogens is 433 g/mol. The number of nitrogens with zero attached hydrogens (tertiary/aromatic N) is 4. The zero-order valence-corrected chi connectivity index (χ0v) is 18.8. The van der Waals surface area contributed by atoms with Crippen LogP contribution in [0.3, 0.4) is 0 Å². The number of hydrogen-bond donors (Lipinski definition) is 1. The molecule has 2 N–H and O–H groups in total. The summed E-state index contributed by atoms with van der Waals surface area (Å²) in [5, 5.41) is 0.424. The molecule has 1 aromatic carbocycles. The van der Waals surface area contributed by atoms with Gasteiger partial charge in [-0.2, -0.15) is 0 Å². The lowest BCUT2D eigenvalue weighted by Gasteiger charge is -2.32. The van der Waals surface area contributed by atoms with Crippen LogP contribution in [0.4, 0.5) is 4.39 Å². The second-order valence-corrected chi connectivity index (χ2v) is 8.63. The Morgan fingerprint density at radius 2 is 1.97 bits per heavy atom. The number of benzene rings is 1. The third-order valence-corrected chi connectivity index (χ3v) is 6.01. The van der Waals surface area contributed by atoms with Gasteiger partial charge in [0, 0.05) is 42.8 Å². The van der Waals surface area contributed by atoms with Crippen molar-refractivity contribution in [1.82, 2.24) is 19.8 Å². The first-order chi connectivity index (χ1) is 15.4. The lowest BCUT2D eigenvalue weighted by Crippen LogP contribution is -2.39. The summed E-state index contributed by atoms with van der Waals surface area (Å²) < 4.78 is 20.1. The first-order valence-electron chi connectivity index (χ1n) is 10.9. The second-order valence-electron chi connectivity index (χ2n) is 8.19. The Morgan fingerprint density at radius 3 is 2.66 bits per heavy atom. The molecule has 0 bridgehead atoms. The minimum absolute atomic E-state index is 0.0451. The van der Waals surface area contributed by atoms with Gasteiger partial charge >= 0.3 is 0 Å². The Labute approximate surface area is 192 Å². The van der Waals surface area contributed by atoms with Crippen LogP contribution < -0.4 is 10.5 Å². The lowest BCUT2D eigenvalue weighted by atomic mass is 10.1. The number of aromatic nitrogens is 2. The summed E-state index contributed by atoms with van der Waals surface area (Å²) in [7, 11) is 0. The van der Waals surface area contributed by atoms with E-state index >= 15 is 0 Å². The monoisotopic (exact) mass is 459 g/mol. The van der Waals surface area contributed by atoms with E-state index in [-0.39, 0.29) is 30.9 Å². The molecule has 2 aromatic rings. The highest BCUT2D eigenvalue weighted by molar-refractivity contribution is 6.30. The maximum Gasteiger partial charge on any atom is 0.258 e. The van der Waals surface area contributed by atoms with Gasteiger partial charge in [-0.3, -0.25) is 4.79 Å². The summed E-state index contributed by atoms with van der Waals surface area (Å²) in [6.45, 7) is 5.62. The van der Waals surface area contributed by atoms with Crippen LogP contribution in [0, 0.1) is 5.82 Å². The van der Waals surface area contributed by atoms with Crippen molar-refractivity contribution in [2.75, 3.05) is 32.7 Å². The average Bonchev–Trinajstić information content (AvgIpc) is 3.17. The third-order valence-electron chi connectivity index (χ3n) is 5.82. The van der Waals surface area contributed by atoms with Gasteiger partial charge in [-0.1, -0.05) is 18.5 Å². The molecule has 170 valence electrons. The minimum Gasteiger partial charge on any atom is -0.489 e. The molecule has 9 heteroatoms. The van der Waals surface area contributed by atoms with Gasteiger partial charge in [-0.25, -0.2) is 14.4 Å². The van der Waals surface area contributed by atoms with Crippen molar-refractivity contribution in [2.24, 2.45) is 5.73 Å². The van der Waals surface area contributed by atoms with E-state index in [4.69, 9.17) is 22.1 Å². The molecule has 1 saturated heterocycles. The molecule has 32 heavy (non-hydrogen) atoms. The summed E-state index contributed by atoms with van der Waals surface area (Å²) in [5.41, 5.74) is 7.71. The van der Waals surface area contributed by atoms with Gasteiger partial charge in [0.15, 0.2) is 5.82 Å². The third kappa shape index (κ3) is 5.02. The molecule has 0 atom stereocenters. The molecule has 0 unspecified atom stereocenters. The smallest absolute Gasteiger partial charge is 0.258 e. The number of amides is 1. The van der Waals surface area contributed by atoms with Crippen LogP contribution in [0.15, 0.2) is 36.3 Å². The maximum atomic E-state index is 14.0. The summed E-state index contributed by atoms with van der Waals surface area (Å²) in [6, 6.07) is 4.05. The number of halogens is 2. The standard InChI is InChI=1S/C23H27ClFN5O2/c1-2-7-29-8-5-17(6-9-29)32-21-10-16(25)3-4-18(21)23(31)30-13-19(20(26)14-30)22-27-11-15(24)12-28-22/h3-4,10-12,17H,2,5-9,13-14,26H2,1H3. The van der Waals surface area contributed by atoms with Crippen LogP contribution >= 0.6 is 11.6 Å². The van der Waals surface area contributed by atoms with Gasteiger partial charge < -0.3 is 20.3 Å². The van der Waals surface area contributed by atoms with E-state index in [1.54, 1.807) is 4.90 Å². The molecule has 0 radical (unpaired) electrons. The van der Waals surface area contributed by atoms with Crippen LogP contribution in [0.1, 0.15) is 42.4 Å². The van der Waals surface area contributed by atoms with Gasteiger partial charge in [0.25, 0.3) is 5.91 Å². The summed E-state index contributed by atoms with van der Waals surface area (Å²) in [5.74, 6) is 0.0138. The van der Waals surface area contributed by atoms with Crippen molar-refractivity contribution in [3.63, 3.8) is 0 Å². The van der Waals surface area contributed by atoms with Crippen LogP contribution in [0.2, 0.25) is 5.02 Å². The second kappa shape index (κ2) is 9.83. The molecule has 2 aliphatic rings. The first-order valence-corrected chi connectivity index (χ1v) is 11.3. The molecule has 2 aliphatic heterocycles. The molecule has 1 fully saturated rings. The number of carbonyl (C=O) groups excluding carboxylic acids is 1. The predicted molar refractivity (Wildman–Crippen MR) is 121 cm³/mol. The average molecular weight is 460 g/mol. The van der Waals surface area contributed by atoms with E-state index in [0.29, 0.717) is 27.7 Å². The molecule has 4 rings (SSSR count). The fraction of sp³-hybridized carbons (Fsp3) is 0.435. The molecule has 0 spiro atoms. The molecule has 1 aromatic heterocycles. The number of piperidine rings is 1. The van der Waals surface area contributed by atoms with Crippen LogP contribution in [-0.4, -0.2) is 64.5 Å². The Hall–Kier alpha value is -2.71. The Morgan fingerprint density at radius 1 is 1.25 bits per heavy atom.